The molecule has 5 nitrogen and oxygen atoms in total. The van der Waals surface area contributed by atoms with E-state index in [1.54, 1.807) is 17.8 Å². The van der Waals surface area contributed by atoms with Crippen LogP contribution < -0.4 is 5.32 Å². The zero-order valence-corrected chi connectivity index (χ0v) is 12.7. The zero-order chi connectivity index (χ0) is 14.5. The first-order valence-corrected chi connectivity index (χ1v) is 7.12. The van der Waals surface area contributed by atoms with Gasteiger partial charge < -0.3 is 10.4 Å². The van der Waals surface area contributed by atoms with Crippen molar-refractivity contribution in [1.29, 1.82) is 0 Å². The Balaban J connectivity index is 2.03. The summed E-state index contributed by atoms with van der Waals surface area (Å²) in [4.78, 5) is 11.9. The highest BCUT2D eigenvalue weighted by Crippen LogP contribution is 2.15. The maximum absolute atomic E-state index is 11.9. The van der Waals surface area contributed by atoms with Gasteiger partial charge in [0.25, 0.3) is 5.91 Å². The molecule has 0 radical (unpaired) electrons. The molecule has 0 bridgehead atoms. The molecule has 0 saturated carbocycles. The molecule has 2 aromatic rings. The SMILES string of the molecule is CC(O)CCNC(=O)c1cnn(-c2cccc(Br)c2)c1. The van der Waals surface area contributed by atoms with Gasteiger partial charge in [0.15, 0.2) is 0 Å². The van der Waals surface area contributed by atoms with Gasteiger partial charge in [-0.1, -0.05) is 22.0 Å². The van der Waals surface area contributed by atoms with Crippen LogP contribution in [0.25, 0.3) is 5.69 Å². The first-order valence-electron chi connectivity index (χ1n) is 6.33. The van der Waals surface area contributed by atoms with Crippen molar-refractivity contribution in [3.63, 3.8) is 0 Å². The number of hydrogen-bond donors (Lipinski definition) is 2. The molecule has 20 heavy (non-hydrogen) atoms. The van der Waals surface area contributed by atoms with E-state index in [2.05, 4.69) is 26.3 Å². The molecular weight excluding hydrogens is 322 g/mol. The molecule has 1 heterocycles. The number of nitrogens with zero attached hydrogens (tertiary/aromatic N) is 2. The summed E-state index contributed by atoms with van der Waals surface area (Å²) in [6.07, 6.45) is 3.32. The molecule has 0 saturated heterocycles. The lowest BCUT2D eigenvalue weighted by atomic mass is 10.2. The van der Waals surface area contributed by atoms with E-state index in [1.807, 2.05) is 24.3 Å². The van der Waals surface area contributed by atoms with Gasteiger partial charge in [-0.05, 0) is 31.5 Å². The van der Waals surface area contributed by atoms with Gasteiger partial charge in [0.1, 0.15) is 0 Å². The van der Waals surface area contributed by atoms with Crippen LogP contribution in [0.3, 0.4) is 0 Å². The Morgan fingerprint density at radius 1 is 1.55 bits per heavy atom. The summed E-state index contributed by atoms with van der Waals surface area (Å²) in [6.45, 7) is 2.13. The number of amides is 1. The Kier molecular flexibility index (Phi) is 4.92. The van der Waals surface area contributed by atoms with Gasteiger partial charge in [-0.3, -0.25) is 4.79 Å². The van der Waals surface area contributed by atoms with Crippen LogP contribution in [0.15, 0.2) is 41.1 Å². The predicted octanol–water partition coefficient (Wildman–Crippen LogP) is 2.14. The molecule has 106 valence electrons. The fraction of sp³-hybridized carbons (Fsp3) is 0.286. The van der Waals surface area contributed by atoms with Gasteiger partial charge in [-0.2, -0.15) is 5.10 Å². The monoisotopic (exact) mass is 337 g/mol. The average Bonchev–Trinajstić information content (AvgIpc) is 2.87. The second kappa shape index (κ2) is 6.67. The van der Waals surface area contributed by atoms with Crippen molar-refractivity contribution in [1.82, 2.24) is 15.1 Å². The third kappa shape index (κ3) is 3.91. The number of aliphatic hydroxyl groups excluding tert-OH is 1. The molecular formula is C14H16BrN3O2. The van der Waals surface area contributed by atoms with Gasteiger partial charge in [-0.25, -0.2) is 4.68 Å². The molecule has 2 N–H and O–H groups in total. The molecule has 0 aliphatic heterocycles. The summed E-state index contributed by atoms with van der Waals surface area (Å²) in [7, 11) is 0. The molecule has 1 aromatic carbocycles. The van der Waals surface area contributed by atoms with E-state index in [0.29, 0.717) is 18.5 Å². The number of rotatable bonds is 5. The van der Waals surface area contributed by atoms with Crippen LogP contribution in [0, 0.1) is 0 Å². The molecule has 1 atom stereocenters. The normalized spacial score (nSPS) is 12.2. The zero-order valence-electron chi connectivity index (χ0n) is 11.1. The molecule has 1 unspecified atom stereocenters. The van der Waals surface area contributed by atoms with Crippen molar-refractivity contribution in [2.75, 3.05) is 6.54 Å². The molecule has 1 amide bonds. The van der Waals surface area contributed by atoms with Crippen LogP contribution in [0.2, 0.25) is 0 Å². The molecule has 0 aliphatic carbocycles. The minimum Gasteiger partial charge on any atom is -0.393 e. The van der Waals surface area contributed by atoms with Gasteiger partial charge in [0.2, 0.25) is 0 Å². The fourth-order valence-electron chi connectivity index (χ4n) is 1.70. The Labute approximate surface area is 125 Å². The summed E-state index contributed by atoms with van der Waals surface area (Å²) in [5, 5.41) is 16.1. The van der Waals surface area contributed by atoms with Gasteiger partial charge in [0, 0.05) is 17.2 Å². The molecule has 0 aliphatic rings. The second-order valence-electron chi connectivity index (χ2n) is 4.55. The lowest BCUT2D eigenvalue weighted by Gasteiger charge is -2.05. The third-order valence-electron chi connectivity index (χ3n) is 2.77. The predicted molar refractivity (Wildman–Crippen MR) is 79.9 cm³/mol. The molecule has 6 heteroatoms. The van der Waals surface area contributed by atoms with E-state index in [0.717, 1.165) is 10.2 Å². The minimum absolute atomic E-state index is 0.188. The summed E-state index contributed by atoms with van der Waals surface area (Å²) in [6, 6.07) is 7.66. The maximum Gasteiger partial charge on any atom is 0.254 e. The largest absolute Gasteiger partial charge is 0.393 e. The summed E-state index contributed by atoms with van der Waals surface area (Å²) >= 11 is 3.40. The Hall–Kier alpha value is -1.66. The summed E-state index contributed by atoms with van der Waals surface area (Å²) in [5.74, 6) is -0.188. The lowest BCUT2D eigenvalue weighted by molar-refractivity contribution is 0.0945. The Morgan fingerprint density at radius 2 is 2.35 bits per heavy atom. The van der Waals surface area contributed by atoms with Crippen molar-refractivity contribution in [3.05, 3.63) is 46.7 Å². The van der Waals surface area contributed by atoms with Crippen LogP contribution in [-0.4, -0.2) is 33.4 Å². The Bertz CT molecular complexity index is 596. The summed E-state index contributed by atoms with van der Waals surface area (Å²) in [5.41, 5.74) is 1.37. The highest BCUT2D eigenvalue weighted by molar-refractivity contribution is 9.10. The van der Waals surface area contributed by atoms with Crippen molar-refractivity contribution >= 4 is 21.8 Å². The first kappa shape index (κ1) is 14.7. The lowest BCUT2D eigenvalue weighted by Crippen LogP contribution is -2.26. The molecule has 0 fully saturated rings. The van der Waals surface area contributed by atoms with E-state index >= 15 is 0 Å². The standard InChI is InChI=1S/C14H16BrN3O2/c1-10(19)5-6-16-14(20)11-8-17-18(9-11)13-4-2-3-12(15)7-13/h2-4,7-10,19H,5-6H2,1H3,(H,16,20). The van der Waals surface area contributed by atoms with Gasteiger partial charge >= 0.3 is 0 Å². The van der Waals surface area contributed by atoms with Crippen LogP contribution in [0.4, 0.5) is 0 Å². The number of nitrogens with one attached hydrogen (secondary N) is 1. The molecule has 1 aromatic heterocycles. The van der Waals surface area contributed by atoms with E-state index in [1.165, 1.54) is 6.20 Å². The smallest absolute Gasteiger partial charge is 0.254 e. The Morgan fingerprint density at radius 3 is 3.05 bits per heavy atom. The number of aliphatic hydroxyl groups is 1. The van der Waals surface area contributed by atoms with Crippen molar-refractivity contribution in [3.8, 4) is 5.69 Å². The van der Waals surface area contributed by atoms with Crippen LogP contribution in [-0.2, 0) is 0 Å². The quantitative estimate of drug-likeness (QED) is 0.878. The number of carbonyl (C=O) groups is 1. The highest BCUT2D eigenvalue weighted by atomic mass is 79.9. The van der Waals surface area contributed by atoms with Gasteiger partial charge in [-0.15, -0.1) is 0 Å². The van der Waals surface area contributed by atoms with E-state index in [4.69, 9.17) is 5.11 Å². The van der Waals surface area contributed by atoms with Crippen LogP contribution in [0.5, 0.6) is 0 Å². The second-order valence-corrected chi connectivity index (χ2v) is 5.46. The number of hydrogen-bond acceptors (Lipinski definition) is 3. The summed E-state index contributed by atoms with van der Waals surface area (Å²) < 4.78 is 2.60. The van der Waals surface area contributed by atoms with Crippen LogP contribution >= 0.6 is 15.9 Å². The molecule has 2 rings (SSSR count). The number of halogens is 1. The van der Waals surface area contributed by atoms with E-state index < -0.39 is 6.10 Å². The van der Waals surface area contributed by atoms with Crippen molar-refractivity contribution in [2.24, 2.45) is 0 Å². The highest BCUT2D eigenvalue weighted by Gasteiger charge is 2.09. The average molecular weight is 338 g/mol. The topological polar surface area (TPSA) is 67.2 Å². The van der Waals surface area contributed by atoms with E-state index in [-0.39, 0.29) is 5.91 Å². The fourth-order valence-corrected chi connectivity index (χ4v) is 2.08. The first-order chi connectivity index (χ1) is 9.56. The molecule has 0 spiro atoms. The van der Waals surface area contributed by atoms with Crippen molar-refractivity contribution in [2.45, 2.75) is 19.4 Å². The van der Waals surface area contributed by atoms with Crippen LogP contribution in [0.1, 0.15) is 23.7 Å². The third-order valence-corrected chi connectivity index (χ3v) is 3.26. The van der Waals surface area contributed by atoms with E-state index in [9.17, 15) is 4.79 Å². The number of carbonyl (C=O) groups excluding carboxylic acids is 1. The number of benzene rings is 1. The van der Waals surface area contributed by atoms with Crippen molar-refractivity contribution < 1.29 is 9.90 Å². The number of aromatic nitrogens is 2. The minimum atomic E-state index is -0.417. The maximum atomic E-state index is 11.9. The van der Waals surface area contributed by atoms with Gasteiger partial charge in [0.05, 0.1) is 23.6 Å².